The van der Waals surface area contributed by atoms with E-state index in [2.05, 4.69) is 11.1 Å². The molecule has 0 saturated carbocycles. The van der Waals surface area contributed by atoms with E-state index in [1.807, 2.05) is 11.8 Å². The number of nitro benzene ring substituents is 1. The Balaban J connectivity index is 2.58. The molecule has 2 rings (SSSR count). The van der Waals surface area contributed by atoms with Crippen LogP contribution in [0.5, 0.6) is 0 Å². The van der Waals surface area contributed by atoms with Crippen LogP contribution in [-0.2, 0) is 0 Å². The summed E-state index contributed by atoms with van der Waals surface area (Å²) in [6.07, 6.45) is 3.54. The van der Waals surface area contributed by atoms with Crippen LogP contribution in [0.4, 0.5) is 11.4 Å². The molecule has 20 heavy (non-hydrogen) atoms. The molecule has 0 aliphatic carbocycles. The number of rotatable bonds is 5. The number of hydrogen-bond donors (Lipinski definition) is 0. The second kappa shape index (κ2) is 5.97. The topological polar surface area (TPSA) is 83.1 Å². The molecule has 0 aliphatic rings. The molecule has 0 saturated heterocycles. The minimum atomic E-state index is -0.403. The summed E-state index contributed by atoms with van der Waals surface area (Å²) in [6.45, 7) is 3.32. The van der Waals surface area contributed by atoms with Gasteiger partial charge >= 0.3 is 0 Å². The summed E-state index contributed by atoms with van der Waals surface area (Å²) in [5.74, 6) is 0. The van der Waals surface area contributed by atoms with E-state index in [1.54, 1.807) is 18.3 Å². The van der Waals surface area contributed by atoms with Crippen LogP contribution in [0.15, 0.2) is 30.6 Å². The number of anilines is 1. The summed E-state index contributed by atoms with van der Waals surface area (Å²) in [7, 11) is 0. The van der Waals surface area contributed by atoms with Gasteiger partial charge in [-0.25, -0.2) is 0 Å². The van der Waals surface area contributed by atoms with E-state index in [-0.39, 0.29) is 5.69 Å². The maximum atomic E-state index is 11.1. The fraction of sp³-hybridized carbons (Fsp3) is 0.286. The van der Waals surface area contributed by atoms with E-state index in [1.165, 1.54) is 12.3 Å². The fourth-order valence-electron chi connectivity index (χ4n) is 2.23. The zero-order valence-electron chi connectivity index (χ0n) is 11.1. The quantitative estimate of drug-likeness (QED) is 0.616. The van der Waals surface area contributed by atoms with Crippen molar-refractivity contribution in [1.29, 1.82) is 5.26 Å². The molecule has 1 aromatic carbocycles. The van der Waals surface area contributed by atoms with Crippen LogP contribution in [-0.4, -0.2) is 23.0 Å². The number of nitriles is 1. The molecule has 0 atom stereocenters. The van der Waals surface area contributed by atoms with Crippen LogP contribution in [0.2, 0.25) is 0 Å². The van der Waals surface area contributed by atoms with Gasteiger partial charge in [0.2, 0.25) is 0 Å². The van der Waals surface area contributed by atoms with Gasteiger partial charge in [0, 0.05) is 42.6 Å². The van der Waals surface area contributed by atoms with Crippen molar-refractivity contribution in [3.05, 3.63) is 40.7 Å². The van der Waals surface area contributed by atoms with Gasteiger partial charge in [0.25, 0.3) is 5.69 Å². The molecule has 1 heterocycles. The van der Waals surface area contributed by atoms with Crippen LogP contribution >= 0.6 is 0 Å². The van der Waals surface area contributed by atoms with Crippen molar-refractivity contribution < 1.29 is 4.92 Å². The van der Waals surface area contributed by atoms with Gasteiger partial charge in [-0.2, -0.15) is 5.26 Å². The number of nitrogens with zero attached hydrogens (tertiary/aromatic N) is 4. The summed E-state index contributed by atoms with van der Waals surface area (Å²) >= 11 is 0. The molecule has 0 N–H and O–H groups in total. The highest BCUT2D eigenvalue weighted by Crippen LogP contribution is 2.32. The minimum Gasteiger partial charge on any atom is -0.370 e. The molecule has 1 aromatic heterocycles. The first-order chi connectivity index (χ1) is 9.69. The van der Waals surface area contributed by atoms with Crippen molar-refractivity contribution in [2.45, 2.75) is 13.3 Å². The molecule has 102 valence electrons. The van der Waals surface area contributed by atoms with Crippen LogP contribution in [0, 0.1) is 21.4 Å². The molecule has 0 fully saturated rings. The lowest BCUT2D eigenvalue weighted by Gasteiger charge is -2.23. The summed E-state index contributed by atoms with van der Waals surface area (Å²) < 4.78 is 0. The average molecular weight is 270 g/mol. The Labute approximate surface area is 116 Å². The number of pyridine rings is 1. The zero-order chi connectivity index (χ0) is 14.5. The van der Waals surface area contributed by atoms with Crippen molar-refractivity contribution >= 4 is 22.1 Å². The van der Waals surface area contributed by atoms with Crippen LogP contribution in [0.3, 0.4) is 0 Å². The molecule has 0 amide bonds. The third kappa shape index (κ3) is 2.52. The molecule has 0 spiro atoms. The largest absolute Gasteiger partial charge is 0.370 e. The molecule has 6 nitrogen and oxygen atoms in total. The van der Waals surface area contributed by atoms with Crippen LogP contribution in [0.25, 0.3) is 10.8 Å². The van der Waals surface area contributed by atoms with Crippen molar-refractivity contribution in [2.75, 3.05) is 18.0 Å². The summed E-state index contributed by atoms with van der Waals surface area (Å²) in [5.41, 5.74) is 0.943. The second-order valence-electron chi connectivity index (χ2n) is 4.27. The third-order valence-electron chi connectivity index (χ3n) is 3.18. The predicted octanol–water partition coefficient (Wildman–Crippen LogP) is 2.88. The Hall–Kier alpha value is -2.68. The molecule has 2 aromatic rings. The maximum Gasteiger partial charge on any atom is 0.278 e. The van der Waals surface area contributed by atoms with Gasteiger partial charge in [-0.3, -0.25) is 15.1 Å². The predicted molar refractivity (Wildman–Crippen MR) is 76.5 cm³/mol. The lowest BCUT2D eigenvalue weighted by atomic mass is 10.1. The first-order valence-corrected chi connectivity index (χ1v) is 6.32. The Morgan fingerprint density at radius 1 is 1.40 bits per heavy atom. The molecular weight excluding hydrogens is 256 g/mol. The average Bonchev–Trinajstić information content (AvgIpc) is 2.47. The fourth-order valence-corrected chi connectivity index (χ4v) is 2.23. The molecule has 0 unspecified atom stereocenters. The molecule has 0 radical (unpaired) electrons. The van der Waals surface area contributed by atoms with Gasteiger partial charge < -0.3 is 4.90 Å². The first-order valence-electron chi connectivity index (χ1n) is 6.32. The van der Waals surface area contributed by atoms with Gasteiger partial charge in [-0.05, 0) is 19.1 Å². The number of nitro groups is 1. The van der Waals surface area contributed by atoms with Gasteiger partial charge in [-0.15, -0.1) is 0 Å². The van der Waals surface area contributed by atoms with Crippen LogP contribution < -0.4 is 4.90 Å². The standard InChI is InChI=1S/C14H14N4O2/c1-2-17(9-3-7-15)13-4-5-14(18(19)20)12-10-16-8-6-11(12)13/h4-6,8,10H,2-3,9H2,1H3. The van der Waals surface area contributed by atoms with Gasteiger partial charge in [0.15, 0.2) is 0 Å². The van der Waals surface area contributed by atoms with E-state index < -0.39 is 4.92 Å². The summed E-state index contributed by atoms with van der Waals surface area (Å²) in [6, 6.07) is 7.12. The number of non-ortho nitro benzene ring substituents is 1. The minimum absolute atomic E-state index is 0.0492. The summed E-state index contributed by atoms with van der Waals surface area (Å²) in [4.78, 5) is 16.7. The lowest BCUT2D eigenvalue weighted by molar-refractivity contribution is -0.383. The smallest absolute Gasteiger partial charge is 0.278 e. The van der Waals surface area contributed by atoms with Gasteiger partial charge in [-0.1, -0.05) is 0 Å². The molecule has 6 heteroatoms. The first kappa shape index (κ1) is 13.7. The lowest BCUT2D eigenvalue weighted by Crippen LogP contribution is -2.23. The van der Waals surface area contributed by atoms with Crippen molar-refractivity contribution in [3.63, 3.8) is 0 Å². The monoisotopic (exact) mass is 270 g/mol. The van der Waals surface area contributed by atoms with E-state index in [9.17, 15) is 10.1 Å². The highest BCUT2D eigenvalue weighted by Gasteiger charge is 2.16. The zero-order valence-corrected chi connectivity index (χ0v) is 11.1. The number of hydrogen-bond acceptors (Lipinski definition) is 5. The number of benzene rings is 1. The van der Waals surface area contributed by atoms with Gasteiger partial charge in [0.05, 0.1) is 22.8 Å². The van der Waals surface area contributed by atoms with E-state index in [0.29, 0.717) is 18.4 Å². The Kier molecular flexibility index (Phi) is 4.11. The number of fused-ring (bicyclic) bond motifs is 1. The second-order valence-corrected chi connectivity index (χ2v) is 4.27. The summed E-state index contributed by atoms with van der Waals surface area (Å²) in [5, 5.41) is 21.1. The number of aromatic nitrogens is 1. The van der Waals surface area contributed by atoms with E-state index in [0.717, 1.165) is 17.6 Å². The van der Waals surface area contributed by atoms with Crippen molar-refractivity contribution in [2.24, 2.45) is 0 Å². The van der Waals surface area contributed by atoms with Crippen molar-refractivity contribution in [1.82, 2.24) is 4.98 Å². The van der Waals surface area contributed by atoms with Gasteiger partial charge in [0.1, 0.15) is 0 Å². The molecule has 0 aliphatic heterocycles. The highest BCUT2D eigenvalue weighted by molar-refractivity contribution is 5.99. The van der Waals surface area contributed by atoms with E-state index in [4.69, 9.17) is 5.26 Å². The van der Waals surface area contributed by atoms with E-state index >= 15 is 0 Å². The molecule has 0 bridgehead atoms. The third-order valence-corrected chi connectivity index (χ3v) is 3.18. The maximum absolute atomic E-state index is 11.1. The Morgan fingerprint density at radius 3 is 2.85 bits per heavy atom. The normalized spacial score (nSPS) is 10.2. The van der Waals surface area contributed by atoms with Crippen LogP contribution in [0.1, 0.15) is 13.3 Å². The highest BCUT2D eigenvalue weighted by atomic mass is 16.6. The Morgan fingerprint density at radius 2 is 2.20 bits per heavy atom. The molecular formula is C14H14N4O2. The SMILES string of the molecule is CCN(CCC#N)c1ccc([N+](=O)[O-])c2cnccc12. The Bertz CT molecular complexity index is 678. The van der Waals surface area contributed by atoms with Crippen molar-refractivity contribution in [3.8, 4) is 6.07 Å².